The van der Waals surface area contributed by atoms with Crippen molar-refractivity contribution in [1.82, 2.24) is 0 Å². The van der Waals surface area contributed by atoms with Crippen molar-refractivity contribution in [3.05, 3.63) is 72.3 Å². The molecule has 3 aromatic rings. The van der Waals surface area contributed by atoms with Gasteiger partial charge in [0.2, 0.25) is 0 Å². The molecule has 1 N–H and O–H groups in total. The number of hydrogen-bond acceptors (Lipinski definition) is 4. The van der Waals surface area contributed by atoms with Crippen LogP contribution < -0.4 is 14.2 Å². The molecule has 0 amide bonds. The Morgan fingerprint density at radius 3 is 2.31 bits per heavy atom. The van der Waals surface area contributed by atoms with Gasteiger partial charge in [0, 0.05) is 6.07 Å². The van der Waals surface area contributed by atoms with Crippen molar-refractivity contribution in [2.24, 2.45) is 0 Å². The van der Waals surface area contributed by atoms with Crippen LogP contribution in [0.4, 0.5) is 0 Å². The normalized spacial score (nSPS) is 10.4. The number of ether oxygens (including phenoxy) is 3. The summed E-state index contributed by atoms with van der Waals surface area (Å²) in [6, 6.07) is 20.8. The first-order valence-corrected chi connectivity index (χ1v) is 9.48. The molecule has 29 heavy (non-hydrogen) atoms. The fraction of sp³-hybridized carbons (Fsp3) is 0.208. The summed E-state index contributed by atoms with van der Waals surface area (Å²) in [7, 11) is 1.64. The lowest BCUT2D eigenvalue weighted by molar-refractivity contribution is -0.136. The summed E-state index contributed by atoms with van der Waals surface area (Å²) in [5.74, 6) is 1.71. The van der Waals surface area contributed by atoms with E-state index in [9.17, 15) is 4.79 Å². The maximum Gasteiger partial charge on any atom is 0.307 e. The lowest BCUT2D eigenvalue weighted by Crippen LogP contribution is -2.02. The molecule has 5 nitrogen and oxygen atoms in total. The van der Waals surface area contributed by atoms with Crippen LogP contribution in [0.3, 0.4) is 0 Å². The van der Waals surface area contributed by atoms with E-state index in [2.05, 4.69) is 0 Å². The molecule has 0 aliphatic rings. The average molecular weight is 392 g/mol. The zero-order valence-corrected chi connectivity index (χ0v) is 16.6. The molecule has 0 aliphatic heterocycles. The van der Waals surface area contributed by atoms with Crippen LogP contribution in [0.2, 0.25) is 0 Å². The monoisotopic (exact) mass is 392 g/mol. The van der Waals surface area contributed by atoms with Crippen LogP contribution >= 0.6 is 0 Å². The topological polar surface area (TPSA) is 65.0 Å². The number of carboxylic acids is 1. The van der Waals surface area contributed by atoms with Gasteiger partial charge < -0.3 is 19.3 Å². The van der Waals surface area contributed by atoms with Gasteiger partial charge >= 0.3 is 5.97 Å². The van der Waals surface area contributed by atoms with Crippen molar-refractivity contribution in [2.45, 2.75) is 19.8 Å². The van der Waals surface area contributed by atoms with Gasteiger partial charge in [-0.25, -0.2) is 0 Å². The Kier molecular flexibility index (Phi) is 6.74. The van der Waals surface area contributed by atoms with E-state index in [4.69, 9.17) is 19.3 Å². The lowest BCUT2D eigenvalue weighted by atomic mass is 10.1. The fourth-order valence-electron chi connectivity index (χ4n) is 2.93. The highest BCUT2D eigenvalue weighted by Crippen LogP contribution is 2.31. The van der Waals surface area contributed by atoms with Crippen molar-refractivity contribution < 1.29 is 24.1 Å². The smallest absolute Gasteiger partial charge is 0.307 e. The predicted octanol–water partition coefficient (Wildman–Crippen LogP) is 5.57. The molecule has 0 unspecified atom stereocenters. The van der Waals surface area contributed by atoms with Crippen LogP contribution in [-0.4, -0.2) is 24.8 Å². The van der Waals surface area contributed by atoms with E-state index in [0.29, 0.717) is 29.4 Å². The Morgan fingerprint density at radius 1 is 0.862 bits per heavy atom. The van der Waals surface area contributed by atoms with Gasteiger partial charge in [0.15, 0.2) is 0 Å². The minimum Gasteiger partial charge on any atom is -0.497 e. The van der Waals surface area contributed by atoms with Gasteiger partial charge in [-0.05, 0) is 59.5 Å². The quantitative estimate of drug-likeness (QED) is 0.516. The maximum atomic E-state index is 11.1. The van der Waals surface area contributed by atoms with E-state index >= 15 is 0 Å². The first-order chi connectivity index (χ1) is 14.1. The molecule has 0 radical (unpaired) electrons. The van der Waals surface area contributed by atoms with Crippen LogP contribution in [0.15, 0.2) is 66.7 Å². The molecule has 0 aromatic heterocycles. The Balaban J connectivity index is 1.85. The highest BCUT2D eigenvalue weighted by molar-refractivity contribution is 5.71. The SMILES string of the molecule is CCCOc1cc(CC(=O)O)cc(Oc2cccc(-c3ccc(OC)cc3)c2)c1. The molecular weight excluding hydrogens is 368 g/mol. The number of aliphatic carboxylic acids is 1. The maximum absolute atomic E-state index is 11.1. The fourth-order valence-corrected chi connectivity index (χ4v) is 2.93. The molecule has 0 aliphatic carbocycles. The number of carboxylic acid groups (broad SMARTS) is 1. The molecule has 0 heterocycles. The number of benzene rings is 3. The molecule has 0 fully saturated rings. The second kappa shape index (κ2) is 9.64. The van der Waals surface area contributed by atoms with Gasteiger partial charge in [-0.15, -0.1) is 0 Å². The highest BCUT2D eigenvalue weighted by Gasteiger charge is 2.09. The van der Waals surface area contributed by atoms with E-state index in [0.717, 1.165) is 23.3 Å². The van der Waals surface area contributed by atoms with E-state index < -0.39 is 5.97 Å². The van der Waals surface area contributed by atoms with Crippen molar-refractivity contribution in [1.29, 1.82) is 0 Å². The molecular formula is C24H24O5. The first-order valence-electron chi connectivity index (χ1n) is 9.48. The molecule has 0 saturated heterocycles. The van der Waals surface area contributed by atoms with Crippen LogP contribution in [-0.2, 0) is 11.2 Å². The van der Waals surface area contributed by atoms with Crippen LogP contribution in [0, 0.1) is 0 Å². The third kappa shape index (κ3) is 5.75. The number of rotatable bonds is 9. The molecule has 0 atom stereocenters. The second-order valence-corrected chi connectivity index (χ2v) is 6.59. The summed E-state index contributed by atoms with van der Waals surface area (Å²) < 4.78 is 16.9. The summed E-state index contributed by atoms with van der Waals surface area (Å²) in [5, 5.41) is 9.12. The second-order valence-electron chi connectivity index (χ2n) is 6.59. The van der Waals surface area contributed by atoms with E-state index in [1.54, 1.807) is 25.3 Å². The van der Waals surface area contributed by atoms with Crippen LogP contribution in [0.5, 0.6) is 23.0 Å². The van der Waals surface area contributed by atoms with Gasteiger partial charge in [-0.1, -0.05) is 31.2 Å². The van der Waals surface area contributed by atoms with Gasteiger partial charge in [-0.3, -0.25) is 4.79 Å². The minimum atomic E-state index is -0.898. The van der Waals surface area contributed by atoms with Crippen molar-refractivity contribution in [2.75, 3.05) is 13.7 Å². The Bertz CT molecular complexity index is 963. The molecule has 150 valence electrons. The Hall–Kier alpha value is -3.47. The summed E-state index contributed by atoms with van der Waals surface area (Å²) in [4.78, 5) is 11.1. The number of hydrogen-bond donors (Lipinski definition) is 1. The molecule has 0 spiro atoms. The highest BCUT2D eigenvalue weighted by atomic mass is 16.5. The first kappa shape index (κ1) is 20.3. The third-order valence-corrected chi connectivity index (χ3v) is 4.26. The Morgan fingerprint density at radius 2 is 1.62 bits per heavy atom. The molecule has 0 bridgehead atoms. The summed E-state index contributed by atoms with van der Waals surface area (Å²) >= 11 is 0. The van der Waals surface area contributed by atoms with Crippen molar-refractivity contribution >= 4 is 5.97 Å². The zero-order valence-electron chi connectivity index (χ0n) is 16.6. The molecule has 3 rings (SSSR count). The van der Waals surface area contributed by atoms with E-state index in [-0.39, 0.29) is 6.42 Å². The molecule has 3 aromatic carbocycles. The van der Waals surface area contributed by atoms with Crippen molar-refractivity contribution in [3.8, 4) is 34.1 Å². The third-order valence-electron chi connectivity index (χ3n) is 4.26. The van der Waals surface area contributed by atoms with Crippen LogP contribution in [0.1, 0.15) is 18.9 Å². The molecule has 0 saturated carbocycles. The lowest BCUT2D eigenvalue weighted by Gasteiger charge is -2.12. The van der Waals surface area contributed by atoms with Gasteiger partial charge in [-0.2, -0.15) is 0 Å². The number of carbonyl (C=O) groups is 1. The van der Waals surface area contributed by atoms with E-state index in [1.165, 1.54) is 0 Å². The minimum absolute atomic E-state index is 0.0917. The summed E-state index contributed by atoms with van der Waals surface area (Å²) in [6.45, 7) is 2.58. The van der Waals surface area contributed by atoms with E-state index in [1.807, 2.05) is 55.5 Å². The standard InChI is InChI=1S/C24H24O5/c1-3-11-28-22-12-17(14-24(25)26)13-23(16-22)29-21-6-4-5-19(15-21)18-7-9-20(27-2)10-8-18/h4-10,12-13,15-16H,3,11,14H2,1-2H3,(H,25,26). The Labute approximate surface area is 170 Å². The average Bonchev–Trinajstić information content (AvgIpc) is 2.72. The number of methoxy groups -OCH3 is 1. The zero-order chi connectivity index (χ0) is 20.6. The van der Waals surface area contributed by atoms with Gasteiger partial charge in [0.1, 0.15) is 23.0 Å². The summed E-state index contributed by atoms with van der Waals surface area (Å²) in [6.07, 6.45) is 0.773. The predicted molar refractivity (Wildman–Crippen MR) is 112 cm³/mol. The largest absolute Gasteiger partial charge is 0.497 e. The van der Waals surface area contributed by atoms with Gasteiger partial charge in [0.25, 0.3) is 0 Å². The van der Waals surface area contributed by atoms with Gasteiger partial charge in [0.05, 0.1) is 20.1 Å². The van der Waals surface area contributed by atoms with Crippen LogP contribution in [0.25, 0.3) is 11.1 Å². The molecule has 5 heteroatoms. The van der Waals surface area contributed by atoms with Crippen molar-refractivity contribution in [3.63, 3.8) is 0 Å². The summed E-state index contributed by atoms with van der Waals surface area (Å²) in [5.41, 5.74) is 2.68.